The number of anilines is 2. The molecule has 1 fully saturated rings. The molecule has 5 rings (SSSR count). The lowest BCUT2D eigenvalue weighted by Crippen LogP contribution is -2.49. The number of aromatic nitrogens is 1. The van der Waals surface area contributed by atoms with Gasteiger partial charge in [0, 0.05) is 23.1 Å². The molecule has 12 heteroatoms. The van der Waals surface area contributed by atoms with E-state index in [1.807, 2.05) is 20.8 Å². The average molecular weight is 615 g/mol. The number of nitrogens with one attached hydrogen (secondary N) is 3. The molecular formula is C30H30Cl2FN5O4. The Balaban J connectivity index is 1.70. The Hall–Kier alpha value is -3.73. The van der Waals surface area contributed by atoms with E-state index >= 15 is 4.39 Å². The number of nitrogens with two attached hydrogens (primary N) is 1. The number of halogens is 3. The zero-order valence-corrected chi connectivity index (χ0v) is 24.9. The van der Waals surface area contributed by atoms with E-state index in [0.717, 1.165) is 0 Å². The van der Waals surface area contributed by atoms with E-state index in [4.69, 9.17) is 33.7 Å². The summed E-state index contributed by atoms with van der Waals surface area (Å²) in [5, 5.41) is 9.10. The molecule has 4 atom stereocenters. The highest BCUT2D eigenvalue weighted by Crippen LogP contribution is 2.56. The van der Waals surface area contributed by atoms with Crippen LogP contribution in [0.5, 0.6) is 5.75 Å². The first-order valence-electron chi connectivity index (χ1n) is 13.2. The van der Waals surface area contributed by atoms with E-state index < -0.39 is 47.0 Å². The third-order valence-electron chi connectivity index (χ3n) is 7.83. The van der Waals surface area contributed by atoms with Crippen molar-refractivity contribution in [1.29, 1.82) is 0 Å². The van der Waals surface area contributed by atoms with Crippen molar-refractivity contribution in [3.63, 3.8) is 0 Å². The maximum Gasteiger partial charge on any atom is 0.248 e. The molecule has 3 amide bonds. The van der Waals surface area contributed by atoms with E-state index in [0.29, 0.717) is 12.0 Å². The Bertz CT molecular complexity index is 1610. The van der Waals surface area contributed by atoms with E-state index in [2.05, 4.69) is 20.9 Å². The maximum absolute atomic E-state index is 15.9. The highest BCUT2D eigenvalue weighted by molar-refractivity contribution is 6.31. The third-order valence-corrected chi connectivity index (χ3v) is 8.33. The summed E-state index contributed by atoms with van der Waals surface area (Å²) in [5.74, 6) is -2.97. The van der Waals surface area contributed by atoms with Crippen LogP contribution in [0.25, 0.3) is 0 Å². The lowest BCUT2D eigenvalue weighted by molar-refractivity contribution is -0.122. The van der Waals surface area contributed by atoms with Crippen LogP contribution in [-0.4, -0.2) is 41.9 Å². The normalized spacial score (nSPS) is 23.0. The van der Waals surface area contributed by atoms with Crippen molar-refractivity contribution in [1.82, 2.24) is 10.3 Å². The summed E-state index contributed by atoms with van der Waals surface area (Å²) in [4.78, 5) is 44.4. The van der Waals surface area contributed by atoms with Crippen LogP contribution in [-0.2, 0) is 15.0 Å². The van der Waals surface area contributed by atoms with Gasteiger partial charge in [0.25, 0.3) is 0 Å². The number of nitrogens with zero attached hydrogens (tertiary/aromatic N) is 1. The Morgan fingerprint density at radius 3 is 2.57 bits per heavy atom. The lowest BCUT2D eigenvalue weighted by Gasteiger charge is -2.37. The third kappa shape index (κ3) is 4.97. The Morgan fingerprint density at radius 1 is 1.17 bits per heavy atom. The number of rotatable bonds is 6. The zero-order chi connectivity index (χ0) is 30.6. The number of hydrogen-bond donors (Lipinski definition) is 4. The number of fused-ring (bicyclic) bond motifs is 2. The number of carbonyl (C=O) groups is 3. The molecular weight excluding hydrogens is 584 g/mol. The molecule has 1 saturated heterocycles. The molecule has 0 unspecified atom stereocenters. The van der Waals surface area contributed by atoms with Gasteiger partial charge in [0.15, 0.2) is 0 Å². The number of ether oxygens (including phenoxy) is 1. The van der Waals surface area contributed by atoms with Gasteiger partial charge in [-0.1, -0.05) is 62.2 Å². The van der Waals surface area contributed by atoms with E-state index in [-0.39, 0.29) is 44.0 Å². The Morgan fingerprint density at radius 2 is 1.90 bits per heavy atom. The highest BCUT2D eigenvalue weighted by atomic mass is 35.5. The van der Waals surface area contributed by atoms with Crippen LogP contribution >= 0.6 is 23.2 Å². The van der Waals surface area contributed by atoms with Crippen molar-refractivity contribution in [3.05, 3.63) is 81.2 Å². The largest absolute Gasteiger partial charge is 0.495 e. The summed E-state index contributed by atoms with van der Waals surface area (Å²) in [6, 6.07) is 10.4. The predicted molar refractivity (Wildman–Crippen MR) is 159 cm³/mol. The first kappa shape index (κ1) is 29.8. The second kappa shape index (κ2) is 10.8. The maximum atomic E-state index is 15.9. The average Bonchev–Trinajstić information content (AvgIpc) is 3.39. The van der Waals surface area contributed by atoms with Gasteiger partial charge in [-0.2, -0.15) is 0 Å². The van der Waals surface area contributed by atoms with Crippen molar-refractivity contribution in [2.75, 3.05) is 17.7 Å². The van der Waals surface area contributed by atoms with Crippen molar-refractivity contribution >= 4 is 52.4 Å². The molecule has 42 heavy (non-hydrogen) atoms. The van der Waals surface area contributed by atoms with Gasteiger partial charge in [0.2, 0.25) is 17.7 Å². The van der Waals surface area contributed by atoms with Crippen LogP contribution < -0.4 is 26.4 Å². The van der Waals surface area contributed by atoms with Gasteiger partial charge >= 0.3 is 0 Å². The fraction of sp³-hybridized carbons (Fsp3) is 0.333. The molecule has 2 aromatic carbocycles. The Labute approximate surface area is 252 Å². The number of carbonyl (C=O) groups excluding carboxylic acids is 3. The van der Waals surface area contributed by atoms with Crippen molar-refractivity contribution in [2.45, 2.75) is 50.6 Å². The van der Waals surface area contributed by atoms with Gasteiger partial charge in [0.1, 0.15) is 28.0 Å². The van der Waals surface area contributed by atoms with Crippen LogP contribution in [0, 0.1) is 11.2 Å². The summed E-state index contributed by atoms with van der Waals surface area (Å²) in [5.41, 5.74) is 4.70. The molecule has 0 radical (unpaired) electrons. The first-order valence-corrected chi connectivity index (χ1v) is 14.0. The van der Waals surface area contributed by atoms with Crippen molar-refractivity contribution in [2.24, 2.45) is 11.1 Å². The number of hydrogen-bond acceptors (Lipinski definition) is 6. The molecule has 9 nitrogen and oxygen atoms in total. The number of pyridine rings is 1. The number of benzene rings is 2. The first-order chi connectivity index (χ1) is 19.8. The van der Waals surface area contributed by atoms with Gasteiger partial charge in [-0.15, -0.1) is 0 Å². The number of amides is 3. The quantitative estimate of drug-likeness (QED) is 0.288. The lowest BCUT2D eigenvalue weighted by atomic mass is 9.62. The minimum Gasteiger partial charge on any atom is -0.495 e. The molecule has 1 aromatic heterocycles. The van der Waals surface area contributed by atoms with Crippen LogP contribution in [0.2, 0.25) is 10.2 Å². The molecule has 1 spiro atoms. The molecule has 2 aliphatic rings. The summed E-state index contributed by atoms with van der Waals surface area (Å²) in [7, 11) is 1.39. The van der Waals surface area contributed by atoms with Crippen LogP contribution in [0.1, 0.15) is 54.6 Å². The summed E-state index contributed by atoms with van der Waals surface area (Å²) >= 11 is 12.4. The molecule has 0 aliphatic carbocycles. The topological polar surface area (TPSA) is 135 Å². The molecule has 3 aromatic rings. The molecule has 0 bridgehead atoms. The fourth-order valence-corrected chi connectivity index (χ4v) is 6.51. The zero-order valence-electron chi connectivity index (χ0n) is 23.3. The van der Waals surface area contributed by atoms with Crippen LogP contribution in [0.4, 0.5) is 15.9 Å². The number of methoxy groups -OCH3 is 1. The standard InChI is InChI=1S/C30H30Cl2FN5O4/c1-29(2,3)13-20-30(16-9-11-21(32)37-26(16)38-28(30)41)22(15-6-5-7-17(31)23(15)33)24(36-20)27(40)35-18-10-8-14(25(34)39)12-19(18)42-4/h5-12,20,22,24,36H,13H2,1-4H3,(H2,34,39)(H,35,40)(H,37,38,41)/t20-,22-,24+,30+/m0/s1. The minimum absolute atomic E-state index is 0.0977. The molecule has 5 N–H and O–H groups in total. The second-order valence-electron chi connectivity index (χ2n) is 11.7. The smallest absolute Gasteiger partial charge is 0.248 e. The fourth-order valence-electron chi connectivity index (χ4n) is 6.18. The van der Waals surface area contributed by atoms with Crippen LogP contribution in [0.3, 0.4) is 0 Å². The SMILES string of the molecule is COc1cc(C(N)=O)ccc1NC(=O)[C@@H]1N[C@@H](CC(C)(C)C)[C@@]2(C(=O)Nc3nc(Cl)ccc32)[C@H]1c1cccc(Cl)c1F. The Kier molecular flexibility index (Phi) is 7.67. The molecule has 0 saturated carbocycles. The predicted octanol–water partition coefficient (Wildman–Crippen LogP) is 5.02. The number of primary amides is 1. The monoisotopic (exact) mass is 613 g/mol. The summed E-state index contributed by atoms with van der Waals surface area (Å²) < 4.78 is 21.3. The van der Waals surface area contributed by atoms with Gasteiger partial charge in [-0.05, 0) is 47.7 Å². The summed E-state index contributed by atoms with van der Waals surface area (Å²) in [6.07, 6.45) is 0.446. The van der Waals surface area contributed by atoms with Crippen molar-refractivity contribution < 1.29 is 23.5 Å². The molecule has 220 valence electrons. The van der Waals surface area contributed by atoms with E-state index in [1.54, 1.807) is 18.2 Å². The van der Waals surface area contributed by atoms with Gasteiger partial charge in [-0.25, -0.2) is 9.37 Å². The van der Waals surface area contributed by atoms with Gasteiger partial charge < -0.3 is 26.4 Å². The summed E-state index contributed by atoms with van der Waals surface area (Å²) in [6.45, 7) is 6.05. The van der Waals surface area contributed by atoms with E-state index in [9.17, 15) is 14.4 Å². The van der Waals surface area contributed by atoms with Gasteiger partial charge in [-0.3, -0.25) is 14.4 Å². The van der Waals surface area contributed by atoms with Crippen molar-refractivity contribution in [3.8, 4) is 5.75 Å². The second-order valence-corrected chi connectivity index (χ2v) is 12.5. The molecule has 2 aliphatic heterocycles. The van der Waals surface area contributed by atoms with E-state index in [1.165, 1.54) is 37.4 Å². The molecule has 3 heterocycles. The highest BCUT2D eigenvalue weighted by Gasteiger charge is 2.66. The van der Waals surface area contributed by atoms with Crippen LogP contribution in [0.15, 0.2) is 48.5 Å². The minimum atomic E-state index is -1.45. The van der Waals surface area contributed by atoms with Gasteiger partial charge in [0.05, 0.1) is 23.9 Å².